The maximum atomic E-state index is 13.6. The Morgan fingerprint density at radius 1 is 1.22 bits per heavy atom. The number of halogens is 1. The predicted molar refractivity (Wildman–Crippen MR) is 80.5 cm³/mol. The van der Waals surface area contributed by atoms with E-state index in [4.69, 9.17) is 4.74 Å². The van der Waals surface area contributed by atoms with Gasteiger partial charge in [0.15, 0.2) is 5.78 Å². The summed E-state index contributed by atoms with van der Waals surface area (Å²) in [5.74, 6) is 0.0508. The van der Waals surface area contributed by atoms with Crippen LogP contribution in [0.2, 0.25) is 0 Å². The molecule has 0 spiro atoms. The highest BCUT2D eigenvalue weighted by molar-refractivity contribution is 5.96. The molecule has 0 aliphatic rings. The van der Waals surface area contributed by atoms with E-state index in [1.165, 1.54) is 18.2 Å². The van der Waals surface area contributed by atoms with Crippen molar-refractivity contribution >= 4 is 5.78 Å². The smallest absolute Gasteiger partial charge is 0.205 e. The number of tetrazole rings is 1. The number of nitrogens with zero attached hydrogens (tertiary/aromatic N) is 4. The lowest BCUT2D eigenvalue weighted by Gasteiger charge is -2.01. The summed E-state index contributed by atoms with van der Waals surface area (Å²) in [6.07, 6.45) is 0. The Hall–Kier alpha value is -3.09. The first-order chi connectivity index (χ1) is 11.2. The normalized spacial score (nSPS) is 10.5. The van der Waals surface area contributed by atoms with Crippen LogP contribution < -0.4 is 4.74 Å². The van der Waals surface area contributed by atoms with Gasteiger partial charge in [-0.05, 0) is 29.5 Å². The Morgan fingerprint density at radius 3 is 2.83 bits per heavy atom. The summed E-state index contributed by atoms with van der Waals surface area (Å²) in [4.78, 5) is 13.2. The molecule has 3 aromatic rings. The second-order valence-corrected chi connectivity index (χ2v) is 4.78. The summed E-state index contributed by atoms with van der Waals surface area (Å²) in [5, 5.41) is 11.9. The summed E-state index contributed by atoms with van der Waals surface area (Å²) in [6.45, 7) is -0.183. The fourth-order valence-corrected chi connectivity index (χ4v) is 2.09. The first-order valence-corrected chi connectivity index (χ1v) is 6.87. The fourth-order valence-electron chi connectivity index (χ4n) is 2.09. The Bertz CT molecular complexity index is 847. The molecular weight excluding hydrogens is 299 g/mol. The van der Waals surface area contributed by atoms with Crippen LogP contribution in [0.3, 0.4) is 0 Å². The van der Waals surface area contributed by atoms with Gasteiger partial charge < -0.3 is 4.74 Å². The Balaban J connectivity index is 1.79. The zero-order valence-corrected chi connectivity index (χ0v) is 12.3. The molecule has 0 bridgehead atoms. The average molecular weight is 312 g/mol. The number of methoxy groups -OCH3 is 1. The number of benzene rings is 2. The third-order valence-electron chi connectivity index (χ3n) is 3.24. The van der Waals surface area contributed by atoms with Gasteiger partial charge in [-0.15, -0.1) is 10.2 Å². The molecule has 0 radical (unpaired) electrons. The molecule has 1 aromatic heterocycles. The lowest BCUT2D eigenvalue weighted by atomic mass is 10.1. The van der Waals surface area contributed by atoms with Crippen molar-refractivity contribution < 1.29 is 13.9 Å². The molecule has 116 valence electrons. The van der Waals surface area contributed by atoms with Crippen LogP contribution >= 0.6 is 0 Å². The van der Waals surface area contributed by atoms with E-state index in [-0.39, 0.29) is 12.1 Å². The van der Waals surface area contributed by atoms with Crippen LogP contribution in [0.15, 0.2) is 48.5 Å². The van der Waals surface area contributed by atoms with Gasteiger partial charge in [0, 0.05) is 5.56 Å². The number of ketones is 1. The molecule has 3 rings (SSSR count). The van der Waals surface area contributed by atoms with Gasteiger partial charge in [0.05, 0.1) is 12.7 Å². The van der Waals surface area contributed by atoms with Gasteiger partial charge in [-0.25, -0.2) is 4.39 Å². The first-order valence-electron chi connectivity index (χ1n) is 6.87. The number of carbonyl (C=O) groups excluding carboxylic acids is 1. The van der Waals surface area contributed by atoms with Crippen molar-refractivity contribution in [2.45, 2.75) is 6.54 Å². The van der Waals surface area contributed by atoms with Crippen LogP contribution in [-0.4, -0.2) is 33.1 Å². The number of Topliss-reactive ketones (excluding diaryl/α,β-unsaturated/α-hetero) is 1. The maximum absolute atomic E-state index is 13.6. The second-order valence-electron chi connectivity index (χ2n) is 4.78. The van der Waals surface area contributed by atoms with Crippen molar-refractivity contribution in [3.63, 3.8) is 0 Å². The molecule has 6 nitrogen and oxygen atoms in total. The molecule has 0 atom stereocenters. The molecule has 0 N–H and O–H groups in total. The lowest BCUT2D eigenvalue weighted by Crippen LogP contribution is -2.14. The number of hydrogen-bond acceptors (Lipinski definition) is 5. The molecule has 0 amide bonds. The van der Waals surface area contributed by atoms with Crippen molar-refractivity contribution in [2.75, 3.05) is 7.11 Å². The van der Waals surface area contributed by atoms with Crippen LogP contribution in [0.1, 0.15) is 10.4 Å². The van der Waals surface area contributed by atoms with Crippen molar-refractivity contribution in [1.29, 1.82) is 0 Å². The highest BCUT2D eigenvalue weighted by Crippen LogP contribution is 2.19. The van der Waals surface area contributed by atoms with Crippen LogP contribution in [0, 0.1) is 5.82 Å². The third kappa shape index (κ3) is 3.23. The fraction of sp³-hybridized carbons (Fsp3) is 0.125. The molecule has 2 aromatic carbocycles. The van der Waals surface area contributed by atoms with Gasteiger partial charge in [-0.3, -0.25) is 4.79 Å². The van der Waals surface area contributed by atoms with Crippen LogP contribution in [-0.2, 0) is 6.54 Å². The second kappa shape index (κ2) is 6.35. The molecule has 0 fully saturated rings. The maximum Gasteiger partial charge on any atom is 0.205 e. The molecule has 0 aliphatic heterocycles. The number of ether oxygens (including phenoxy) is 1. The zero-order chi connectivity index (χ0) is 16.2. The van der Waals surface area contributed by atoms with Gasteiger partial charge in [0.1, 0.15) is 18.1 Å². The predicted octanol–water partition coefficient (Wildman–Crippen LogP) is 2.37. The van der Waals surface area contributed by atoms with E-state index in [9.17, 15) is 9.18 Å². The minimum Gasteiger partial charge on any atom is -0.497 e. The topological polar surface area (TPSA) is 69.9 Å². The van der Waals surface area contributed by atoms with E-state index in [1.807, 2.05) is 6.07 Å². The van der Waals surface area contributed by atoms with Gasteiger partial charge in [0.25, 0.3) is 0 Å². The van der Waals surface area contributed by atoms with Gasteiger partial charge in [-0.1, -0.05) is 24.3 Å². The first kappa shape index (κ1) is 14.8. The largest absolute Gasteiger partial charge is 0.497 e. The molecular formula is C16H13FN4O2. The summed E-state index contributed by atoms with van der Waals surface area (Å²) < 4.78 is 18.7. The van der Waals surface area contributed by atoms with Crippen molar-refractivity contribution in [2.24, 2.45) is 0 Å². The van der Waals surface area contributed by atoms with Crippen LogP contribution in [0.4, 0.5) is 4.39 Å². The molecule has 23 heavy (non-hydrogen) atoms. The Labute approximate surface area is 131 Å². The van der Waals surface area contributed by atoms with Crippen molar-refractivity contribution in [3.05, 3.63) is 59.9 Å². The van der Waals surface area contributed by atoms with Crippen LogP contribution in [0.25, 0.3) is 11.4 Å². The third-order valence-corrected chi connectivity index (χ3v) is 3.24. The van der Waals surface area contributed by atoms with Crippen molar-refractivity contribution in [1.82, 2.24) is 20.2 Å². The molecule has 0 aliphatic carbocycles. The van der Waals surface area contributed by atoms with E-state index >= 15 is 0 Å². The standard InChI is InChI=1S/C16H13FN4O2/c1-23-12-6-4-5-11(9-12)16-18-20-21(19-16)10-15(22)13-7-2-3-8-14(13)17/h2-9H,10H2,1H3. The van der Waals surface area contributed by atoms with E-state index < -0.39 is 11.6 Å². The van der Waals surface area contributed by atoms with Gasteiger partial charge >= 0.3 is 0 Å². The van der Waals surface area contributed by atoms with E-state index in [0.29, 0.717) is 17.1 Å². The Kier molecular flexibility index (Phi) is 4.09. The zero-order valence-electron chi connectivity index (χ0n) is 12.3. The van der Waals surface area contributed by atoms with Gasteiger partial charge in [-0.2, -0.15) is 4.80 Å². The highest BCUT2D eigenvalue weighted by Gasteiger charge is 2.14. The number of hydrogen-bond donors (Lipinski definition) is 0. The number of carbonyl (C=O) groups is 1. The number of aromatic nitrogens is 4. The average Bonchev–Trinajstić information content (AvgIpc) is 3.03. The molecule has 0 saturated carbocycles. The molecule has 0 unspecified atom stereocenters. The molecule has 7 heteroatoms. The molecule has 1 heterocycles. The van der Waals surface area contributed by atoms with E-state index in [2.05, 4.69) is 15.4 Å². The highest BCUT2D eigenvalue weighted by atomic mass is 19.1. The minimum atomic E-state index is -0.564. The summed E-state index contributed by atoms with van der Waals surface area (Å²) in [7, 11) is 1.57. The quantitative estimate of drug-likeness (QED) is 0.676. The summed E-state index contributed by atoms with van der Waals surface area (Å²) in [5.41, 5.74) is 0.724. The van der Waals surface area contributed by atoms with Crippen molar-refractivity contribution in [3.8, 4) is 17.1 Å². The summed E-state index contributed by atoms with van der Waals surface area (Å²) in [6, 6.07) is 13.0. The lowest BCUT2D eigenvalue weighted by molar-refractivity contribution is 0.0957. The molecule has 0 saturated heterocycles. The SMILES string of the molecule is COc1cccc(-c2nnn(CC(=O)c3ccccc3F)n2)c1. The minimum absolute atomic E-state index is 0.00716. The number of rotatable bonds is 5. The van der Waals surface area contributed by atoms with E-state index in [1.54, 1.807) is 31.4 Å². The van der Waals surface area contributed by atoms with Crippen LogP contribution in [0.5, 0.6) is 5.75 Å². The van der Waals surface area contributed by atoms with Gasteiger partial charge in [0.2, 0.25) is 5.82 Å². The monoisotopic (exact) mass is 312 g/mol. The summed E-state index contributed by atoms with van der Waals surface area (Å²) >= 11 is 0. The van der Waals surface area contributed by atoms with E-state index in [0.717, 1.165) is 4.80 Å². The Morgan fingerprint density at radius 2 is 2.04 bits per heavy atom.